The average Bonchev–Trinajstić information content (AvgIpc) is 3.57. The zero-order chi connectivity index (χ0) is 26.7. The maximum absolute atomic E-state index is 14.4. The van der Waals surface area contributed by atoms with Crippen molar-refractivity contribution in [1.82, 2.24) is 20.0 Å². The number of likely N-dealkylation sites (tertiary alicyclic amines) is 1. The fraction of sp³-hybridized carbons (Fsp3) is 0.577. The van der Waals surface area contributed by atoms with Crippen LogP contribution < -0.4 is 5.32 Å². The summed E-state index contributed by atoms with van der Waals surface area (Å²) in [5, 5.41) is 16.5. The fourth-order valence-electron chi connectivity index (χ4n) is 5.24. The van der Waals surface area contributed by atoms with Crippen molar-refractivity contribution in [1.29, 1.82) is 0 Å². The van der Waals surface area contributed by atoms with Gasteiger partial charge in [-0.05, 0) is 25.3 Å². The number of carbonyl (C=O) groups excluding carboxylic acids is 1. The molecule has 4 rings (SSSR count). The third kappa shape index (κ3) is 6.49. The van der Waals surface area contributed by atoms with E-state index in [-0.39, 0.29) is 55.3 Å². The van der Waals surface area contributed by atoms with E-state index in [2.05, 4.69) is 10.4 Å². The number of halogens is 4. The first-order chi connectivity index (χ1) is 17.5. The molecule has 202 valence electrons. The summed E-state index contributed by atoms with van der Waals surface area (Å²) in [6, 6.07) is 6.76. The number of carbonyl (C=O) groups is 2. The Morgan fingerprint density at radius 2 is 1.81 bits per heavy atom. The number of alkyl halides is 4. The van der Waals surface area contributed by atoms with Crippen LogP contribution in [-0.2, 0) is 10.7 Å². The van der Waals surface area contributed by atoms with E-state index in [0.717, 1.165) is 32.6 Å². The topological polar surface area (TPSA) is 87.5 Å². The second-order valence-corrected chi connectivity index (χ2v) is 10.1. The predicted octanol–water partition coefficient (Wildman–Crippen LogP) is 4.73. The van der Waals surface area contributed by atoms with Crippen molar-refractivity contribution >= 4 is 11.9 Å². The van der Waals surface area contributed by atoms with Gasteiger partial charge in [-0.1, -0.05) is 37.1 Å². The van der Waals surface area contributed by atoms with Crippen molar-refractivity contribution in [3.05, 3.63) is 41.6 Å². The summed E-state index contributed by atoms with van der Waals surface area (Å²) in [6.45, 7) is 0.889. The lowest BCUT2D eigenvalue weighted by Crippen LogP contribution is -2.39. The number of rotatable bonds is 10. The Kier molecular flexibility index (Phi) is 8.20. The molecule has 1 aliphatic carbocycles. The summed E-state index contributed by atoms with van der Waals surface area (Å²) < 4.78 is 57.5. The summed E-state index contributed by atoms with van der Waals surface area (Å²) in [5.74, 6) is -4.86. The minimum absolute atomic E-state index is 0.000304. The number of amides is 1. The van der Waals surface area contributed by atoms with Crippen LogP contribution in [0.25, 0.3) is 11.3 Å². The summed E-state index contributed by atoms with van der Waals surface area (Å²) >= 11 is 0. The first-order valence-electron chi connectivity index (χ1n) is 12.6. The van der Waals surface area contributed by atoms with Crippen LogP contribution in [-0.4, -0.2) is 69.7 Å². The maximum atomic E-state index is 14.4. The summed E-state index contributed by atoms with van der Waals surface area (Å²) in [4.78, 5) is 26.1. The van der Waals surface area contributed by atoms with E-state index in [9.17, 15) is 32.3 Å². The molecule has 1 saturated carbocycles. The van der Waals surface area contributed by atoms with E-state index in [1.165, 1.54) is 18.2 Å². The van der Waals surface area contributed by atoms with Crippen molar-refractivity contribution in [2.45, 2.75) is 75.8 Å². The summed E-state index contributed by atoms with van der Waals surface area (Å²) in [5.41, 5.74) is 0.517. The fourth-order valence-corrected chi connectivity index (χ4v) is 5.24. The third-order valence-electron chi connectivity index (χ3n) is 7.12. The predicted molar refractivity (Wildman–Crippen MR) is 129 cm³/mol. The molecule has 1 aromatic heterocycles. The van der Waals surface area contributed by atoms with Crippen LogP contribution in [0.1, 0.15) is 67.5 Å². The lowest BCUT2D eigenvalue weighted by Gasteiger charge is -2.20. The molecule has 3 atom stereocenters. The Balaban J connectivity index is 1.58. The van der Waals surface area contributed by atoms with Gasteiger partial charge >= 0.3 is 5.97 Å². The molecule has 2 aromatic rings. The van der Waals surface area contributed by atoms with Crippen LogP contribution in [0.5, 0.6) is 0 Å². The van der Waals surface area contributed by atoms with E-state index in [4.69, 9.17) is 0 Å². The van der Waals surface area contributed by atoms with Crippen molar-refractivity contribution in [2.24, 2.45) is 0 Å². The van der Waals surface area contributed by atoms with Crippen LogP contribution in [0.3, 0.4) is 0 Å². The van der Waals surface area contributed by atoms with Crippen LogP contribution in [0.4, 0.5) is 17.6 Å². The standard InChI is InChI=1S/C26H32F4N4O3/c1-26(29,30)19-9-5-4-8-18(19)23-13-22(32-34(23)17-6-2-3-7-17)25(37)31-16(12-24(35)36)10-11-33-14-20(27)21(28)15-33/h4-5,8-9,13,16-17,20-21H,2-3,6-7,10-12,14-15H2,1H3,(H,31,37)(H,35,36)/t16?,20-,21+. The van der Waals surface area contributed by atoms with Gasteiger partial charge in [0, 0.05) is 43.7 Å². The van der Waals surface area contributed by atoms with Crippen molar-refractivity contribution in [2.75, 3.05) is 19.6 Å². The highest BCUT2D eigenvalue weighted by Gasteiger charge is 2.34. The van der Waals surface area contributed by atoms with E-state index in [1.807, 2.05) is 0 Å². The smallest absolute Gasteiger partial charge is 0.305 e. The molecule has 1 aromatic carbocycles. The normalized spacial score (nSPS) is 21.9. The van der Waals surface area contributed by atoms with Crippen LogP contribution in [0.15, 0.2) is 30.3 Å². The number of carboxylic acid groups (broad SMARTS) is 1. The van der Waals surface area contributed by atoms with Gasteiger partial charge < -0.3 is 10.4 Å². The molecule has 1 amide bonds. The number of carboxylic acids is 1. The monoisotopic (exact) mass is 524 g/mol. The van der Waals surface area contributed by atoms with Crippen molar-refractivity contribution < 1.29 is 32.3 Å². The largest absolute Gasteiger partial charge is 0.481 e. The number of hydrogen-bond donors (Lipinski definition) is 2. The lowest BCUT2D eigenvalue weighted by molar-refractivity contribution is -0.137. The Morgan fingerprint density at radius 3 is 2.43 bits per heavy atom. The SMILES string of the molecule is CC(F)(F)c1ccccc1-c1cc(C(=O)NC(CCN2C[C@@H](F)[C@@H](F)C2)CC(=O)O)nn1C1CCCC1. The third-order valence-corrected chi connectivity index (χ3v) is 7.12. The molecule has 1 saturated heterocycles. The molecule has 11 heteroatoms. The minimum atomic E-state index is -3.11. The van der Waals surface area contributed by atoms with Gasteiger partial charge in [0.25, 0.3) is 11.8 Å². The van der Waals surface area contributed by atoms with Crippen LogP contribution in [0, 0.1) is 0 Å². The number of hydrogen-bond acceptors (Lipinski definition) is 4. The first-order valence-corrected chi connectivity index (χ1v) is 12.6. The van der Waals surface area contributed by atoms with Gasteiger partial charge in [-0.3, -0.25) is 19.2 Å². The molecule has 2 heterocycles. The molecule has 2 aliphatic rings. The van der Waals surface area contributed by atoms with E-state index in [0.29, 0.717) is 5.69 Å². The molecule has 0 bridgehead atoms. The van der Waals surface area contributed by atoms with Gasteiger partial charge in [0.05, 0.1) is 18.2 Å². The molecule has 0 radical (unpaired) electrons. The Morgan fingerprint density at radius 1 is 1.16 bits per heavy atom. The molecular formula is C26H32F4N4O3. The zero-order valence-corrected chi connectivity index (χ0v) is 20.7. The highest BCUT2D eigenvalue weighted by molar-refractivity contribution is 5.94. The Labute approximate surface area is 212 Å². The van der Waals surface area contributed by atoms with Gasteiger partial charge in [0.2, 0.25) is 0 Å². The number of aliphatic carboxylic acids is 1. The summed E-state index contributed by atoms with van der Waals surface area (Å²) in [6.07, 6.45) is 0.193. The van der Waals surface area contributed by atoms with Gasteiger partial charge in [-0.2, -0.15) is 5.10 Å². The molecule has 0 spiro atoms. The quantitative estimate of drug-likeness (QED) is 0.439. The highest BCUT2D eigenvalue weighted by atomic mass is 19.3. The highest BCUT2D eigenvalue weighted by Crippen LogP contribution is 2.39. The second-order valence-electron chi connectivity index (χ2n) is 10.1. The molecule has 7 nitrogen and oxygen atoms in total. The number of aromatic nitrogens is 2. The first kappa shape index (κ1) is 27.1. The molecule has 1 aliphatic heterocycles. The maximum Gasteiger partial charge on any atom is 0.305 e. The zero-order valence-electron chi connectivity index (χ0n) is 20.7. The summed E-state index contributed by atoms with van der Waals surface area (Å²) in [7, 11) is 0. The van der Waals surface area contributed by atoms with E-state index in [1.54, 1.807) is 21.7 Å². The minimum Gasteiger partial charge on any atom is -0.481 e. The molecule has 37 heavy (non-hydrogen) atoms. The van der Waals surface area contributed by atoms with Crippen molar-refractivity contribution in [3.8, 4) is 11.3 Å². The van der Waals surface area contributed by atoms with Gasteiger partial charge in [0.15, 0.2) is 5.69 Å². The molecule has 2 N–H and O–H groups in total. The van der Waals surface area contributed by atoms with Crippen molar-refractivity contribution in [3.63, 3.8) is 0 Å². The van der Waals surface area contributed by atoms with E-state index < -0.39 is 36.2 Å². The molecular weight excluding hydrogens is 492 g/mol. The Hall–Kier alpha value is -2.95. The second kappa shape index (κ2) is 11.2. The van der Waals surface area contributed by atoms with Crippen LogP contribution in [0.2, 0.25) is 0 Å². The van der Waals surface area contributed by atoms with Gasteiger partial charge in [-0.15, -0.1) is 0 Å². The van der Waals surface area contributed by atoms with Gasteiger partial charge in [-0.25, -0.2) is 17.6 Å². The Bertz CT molecular complexity index is 1100. The average molecular weight is 525 g/mol. The molecule has 1 unspecified atom stereocenters. The number of nitrogens with one attached hydrogen (secondary N) is 1. The number of benzene rings is 1. The van der Waals surface area contributed by atoms with Gasteiger partial charge in [0.1, 0.15) is 12.3 Å². The lowest BCUT2D eigenvalue weighted by atomic mass is 9.99. The van der Waals surface area contributed by atoms with E-state index >= 15 is 0 Å². The number of nitrogens with zero attached hydrogens (tertiary/aromatic N) is 3. The molecule has 2 fully saturated rings. The van der Waals surface area contributed by atoms with Crippen LogP contribution >= 0.6 is 0 Å².